The number of fused-ring (bicyclic) bond motifs is 1. The van der Waals surface area contributed by atoms with Crippen LogP contribution >= 0.6 is 0 Å². The van der Waals surface area contributed by atoms with E-state index in [1.165, 1.54) is 0 Å². The van der Waals surface area contributed by atoms with Crippen LogP contribution in [0.25, 0.3) is 11.3 Å². The van der Waals surface area contributed by atoms with E-state index in [1.807, 2.05) is 49.4 Å². The molecule has 4 rings (SSSR count). The third-order valence-corrected chi connectivity index (χ3v) is 5.14. The first-order valence-corrected chi connectivity index (χ1v) is 9.72. The molecule has 0 aliphatic carbocycles. The number of hydrogen-bond donors (Lipinski definition) is 2. The first kappa shape index (κ1) is 20.2. The van der Waals surface area contributed by atoms with Crippen LogP contribution in [0.1, 0.15) is 24.0 Å². The normalized spacial score (nSPS) is 15.0. The fourth-order valence-electron chi connectivity index (χ4n) is 3.78. The summed E-state index contributed by atoms with van der Waals surface area (Å²) in [6.07, 6.45) is 0. The second kappa shape index (κ2) is 8.32. The summed E-state index contributed by atoms with van der Waals surface area (Å²) in [6.45, 7) is 2.43. The zero-order chi connectivity index (χ0) is 22.0. The fourth-order valence-corrected chi connectivity index (χ4v) is 3.78. The van der Waals surface area contributed by atoms with Crippen molar-refractivity contribution in [2.75, 3.05) is 20.8 Å². The summed E-state index contributed by atoms with van der Waals surface area (Å²) < 4.78 is 22.4. The zero-order valence-corrected chi connectivity index (χ0v) is 17.4. The molecule has 1 aromatic heterocycles. The van der Waals surface area contributed by atoms with Gasteiger partial charge in [0.25, 0.3) is 0 Å². The van der Waals surface area contributed by atoms with Crippen molar-refractivity contribution in [3.05, 3.63) is 65.0 Å². The lowest BCUT2D eigenvalue weighted by Gasteiger charge is -2.25. The summed E-state index contributed by atoms with van der Waals surface area (Å²) in [6, 6.07) is 15.3. The quantitative estimate of drug-likeness (QED) is 0.627. The Morgan fingerprint density at radius 2 is 1.90 bits per heavy atom. The van der Waals surface area contributed by atoms with Gasteiger partial charge in [0.1, 0.15) is 17.4 Å². The summed E-state index contributed by atoms with van der Waals surface area (Å²) in [5.74, 6) is 1.68. The number of methoxy groups -OCH3 is 2. The number of ether oxygens (including phenoxy) is 4. The number of nitrogens with one attached hydrogen (secondary N) is 1. The van der Waals surface area contributed by atoms with Gasteiger partial charge < -0.3 is 24.7 Å². The van der Waals surface area contributed by atoms with Crippen molar-refractivity contribution in [3.8, 4) is 40.5 Å². The molecule has 0 unspecified atom stereocenters. The highest BCUT2D eigenvalue weighted by Gasteiger charge is 2.37. The van der Waals surface area contributed by atoms with E-state index in [1.54, 1.807) is 14.2 Å². The van der Waals surface area contributed by atoms with E-state index >= 15 is 0 Å². The number of nitrogens with zero attached hydrogens (tertiary/aromatic N) is 2. The number of rotatable bonds is 6. The molecule has 0 bridgehead atoms. The smallest absolute Gasteiger partial charge is 0.244 e. The lowest BCUT2D eigenvalue weighted by atomic mass is 9.82. The highest BCUT2D eigenvalue weighted by Crippen LogP contribution is 2.48. The summed E-state index contributed by atoms with van der Waals surface area (Å²) in [5, 5.41) is 17.2. The minimum Gasteiger partial charge on any atom is -0.496 e. The van der Waals surface area contributed by atoms with Crippen LogP contribution in [-0.2, 0) is 0 Å². The van der Waals surface area contributed by atoms with Gasteiger partial charge in [0.05, 0.1) is 38.0 Å². The minimum atomic E-state index is -0.517. The number of nitriles is 1. The molecule has 8 heteroatoms. The van der Waals surface area contributed by atoms with Crippen molar-refractivity contribution >= 4 is 0 Å². The number of nitrogens with two attached hydrogens (primary N) is 1. The SMILES string of the molecule is CCOc1ccc(-c2[nH]nc3c2[C@@H](c2ccccc2OC)C(C#N)=C(N)O3)cc1OC. The van der Waals surface area contributed by atoms with E-state index in [4.69, 9.17) is 24.7 Å². The third-order valence-electron chi connectivity index (χ3n) is 5.14. The number of benzene rings is 2. The van der Waals surface area contributed by atoms with Crippen LogP contribution in [0.2, 0.25) is 0 Å². The van der Waals surface area contributed by atoms with Gasteiger partial charge in [-0.3, -0.25) is 5.10 Å². The van der Waals surface area contributed by atoms with Gasteiger partial charge in [-0.25, -0.2) is 0 Å². The molecular weight excluding hydrogens is 396 g/mol. The Morgan fingerprint density at radius 1 is 1.13 bits per heavy atom. The van der Waals surface area contributed by atoms with Crippen molar-refractivity contribution in [1.29, 1.82) is 5.26 Å². The summed E-state index contributed by atoms with van der Waals surface area (Å²) in [7, 11) is 3.17. The van der Waals surface area contributed by atoms with Crippen LogP contribution in [0.15, 0.2) is 53.9 Å². The molecule has 0 amide bonds. The molecule has 0 radical (unpaired) electrons. The second-order valence-electron chi connectivity index (χ2n) is 6.78. The predicted octanol–water partition coefficient (Wildman–Crippen LogP) is 3.71. The molecule has 2 heterocycles. The molecule has 1 aliphatic heterocycles. The fraction of sp³-hybridized carbons (Fsp3) is 0.217. The number of allylic oxidation sites excluding steroid dienone is 1. The van der Waals surface area contributed by atoms with Crippen molar-refractivity contribution in [2.45, 2.75) is 12.8 Å². The number of para-hydroxylation sites is 1. The average Bonchev–Trinajstić information content (AvgIpc) is 3.21. The molecule has 1 aliphatic rings. The standard InChI is InChI=1S/C23H22N4O4/c1-4-30-17-10-9-13(11-18(17)29-3)21-20-19(14-7-5-6-8-16(14)28-2)15(12-24)22(25)31-23(20)27-26-21/h5-11,19H,4,25H2,1-3H3,(H,26,27)/t19-/m0/s1. The number of aromatic amines is 1. The van der Waals surface area contributed by atoms with Gasteiger partial charge in [0, 0.05) is 11.1 Å². The molecule has 0 saturated carbocycles. The Balaban J connectivity index is 1.92. The predicted molar refractivity (Wildman–Crippen MR) is 114 cm³/mol. The van der Waals surface area contributed by atoms with Crippen molar-refractivity contribution in [3.63, 3.8) is 0 Å². The van der Waals surface area contributed by atoms with Crippen LogP contribution < -0.4 is 24.7 Å². The maximum atomic E-state index is 9.88. The van der Waals surface area contributed by atoms with E-state index in [0.717, 1.165) is 11.1 Å². The Hall–Kier alpha value is -4.12. The molecule has 31 heavy (non-hydrogen) atoms. The first-order chi connectivity index (χ1) is 15.1. The van der Waals surface area contributed by atoms with Crippen LogP contribution in [0, 0.1) is 11.3 Å². The van der Waals surface area contributed by atoms with Crippen LogP contribution in [0.4, 0.5) is 0 Å². The zero-order valence-electron chi connectivity index (χ0n) is 17.4. The molecule has 3 N–H and O–H groups in total. The first-order valence-electron chi connectivity index (χ1n) is 9.72. The van der Waals surface area contributed by atoms with Gasteiger partial charge in [-0.1, -0.05) is 18.2 Å². The Labute approximate surface area is 179 Å². The van der Waals surface area contributed by atoms with E-state index in [0.29, 0.717) is 41.0 Å². The maximum absolute atomic E-state index is 9.88. The lowest BCUT2D eigenvalue weighted by Crippen LogP contribution is -2.21. The average molecular weight is 418 g/mol. The van der Waals surface area contributed by atoms with Crippen molar-refractivity contribution < 1.29 is 18.9 Å². The van der Waals surface area contributed by atoms with Crippen LogP contribution in [0.5, 0.6) is 23.1 Å². The molecule has 0 fully saturated rings. The molecule has 3 aromatic rings. The van der Waals surface area contributed by atoms with Crippen molar-refractivity contribution in [1.82, 2.24) is 10.2 Å². The van der Waals surface area contributed by atoms with E-state index in [-0.39, 0.29) is 11.5 Å². The molecule has 1 atom stereocenters. The van der Waals surface area contributed by atoms with Crippen LogP contribution in [0.3, 0.4) is 0 Å². The minimum absolute atomic E-state index is 0.0215. The van der Waals surface area contributed by atoms with Gasteiger partial charge in [0.15, 0.2) is 11.5 Å². The molecule has 0 saturated heterocycles. The topological polar surface area (TPSA) is 115 Å². The summed E-state index contributed by atoms with van der Waals surface area (Å²) >= 11 is 0. The second-order valence-corrected chi connectivity index (χ2v) is 6.78. The number of H-pyrrole nitrogens is 1. The molecule has 0 spiro atoms. The number of aromatic nitrogens is 2. The lowest BCUT2D eigenvalue weighted by molar-refractivity contribution is 0.311. The van der Waals surface area contributed by atoms with E-state index < -0.39 is 5.92 Å². The molecule has 8 nitrogen and oxygen atoms in total. The molecule has 2 aromatic carbocycles. The third kappa shape index (κ3) is 3.40. The monoisotopic (exact) mass is 418 g/mol. The largest absolute Gasteiger partial charge is 0.496 e. The Kier molecular flexibility index (Phi) is 5.41. The Morgan fingerprint density at radius 3 is 2.61 bits per heavy atom. The molecular formula is C23H22N4O4. The Bertz CT molecular complexity index is 1190. The van der Waals surface area contributed by atoms with Gasteiger partial charge in [-0.2, -0.15) is 5.26 Å². The van der Waals surface area contributed by atoms with Gasteiger partial charge in [0.2, 0.25) is 11.8 Å². The van der Waals surface area contributed by atoms with Gasteiger partial charge >= 0.3 is 0 Å². The van der Waals surface area contributed by atoms with Gasteiger partial charge in [-0.05, 0) is 31.2 Å². The van der Waals surface area contributed by atoms with Crippen LogP contribution in [-0.4, -0.2) is 31.0 Å². The summed E-state index contributed by atoms with van der Waals surface area (Å²) in [4.78, 5) is 0. The highest BCUT2D eigenvalue weighted by molar-refractivity contribution is 5.73. The van der Waals surface area contributed by atoms with E-state index in [9.17, 15) is 5.26 Å². The maximum Gasteiger partial charge on any atom is 0.244 e. The number of hydrogen-bond acceptors (Lipinski definition) is 7. The summed E-state index contributed by atoms with van der Waals surface area (Å²) in [5.41, 5.74) is 9.33. The van der Waals surface area contributed by atoms with Gasteiger partial charge in [-0.15, -0.1) is 5.10 Å². The highest BCUT2D eigenvalue weighted by atomic mass is 16.5. The van der Waals surface area contributed by atoms with Crippen molar-refractivity contribution in [2.24, 2.45) is 5.73 Å². The van der Waals surface area contributed by atoms with E-state index in [2.05, 4.69) is 16.3 Å². The molecule has 158 valence electrons.